The first-order valence-electron chi connectivity index (χ1n) is 7.74. The number of benzene rings is 1. The quantitative estimate of drug-likeness (QED) is 0.898. The molecule has 0 aliphatic carbocycles. The van der Waals surface area contributed by atoms with Crippen molar-refractivity contribution in [2.45, 2.75) is 58.7 Å². The number of hydrogen-bond donors (Lipinski definition) is 1. The summed E-state index contributed by atoms with van der Waals surface area (Å²) >= 11 is 0. The van der Waals surface area contributed by atoms with Crippen LogP contribution in [0.1, 0.15) is 44.7 Å². The summed E-state index contributed by atoms with van der Waals surface area (Å²) in [6, 6.07) is 10.2. The number of hydrogen-bond acceptors (Lipinski definition) is 2. The summed E-state index contributed by atoms with van der Waals surface area (Å²) in [5.41, 5.74) is 3.02. The highest BCUT2D eigenvalue weighted by Crippen LogP contribution is 2.15. The van der Waals surface area contributed by atoms with E-state index in [-0.39, 0.29) is 0 Å². The zero-order chi connectivity index (χ0) is 13.7. The molecule has 1 N–H and O–H groups in total. The highest BCUT2D eigenvalue weighted by molar-refractivity contribution is 5.26. The largest absolute Gasteiger partial charge is 0.312 e. The van der Waals surface area contributed by atoms with Gasteiger partial charge in [0.25, 0.3) is 0 Å². The lowest BCUT2D eigenvalue weighted by molar-refractivity contribution is 0.211. The first-order chi connectivity index (χ1) is 9.19. The van der Waals surface area contributed by atoms with Crippen LogP contribution in [0.4, 0.5) is 0 Å². The molecule has 1 saturated heterocycles. The van der Waals surface area contributed by atoms with E-state index in [9.17, 15) is 0 Å². The molecule has 2 unspecified atom stereocenters. The molecule has 0 aromatic heterocycles. The summed E-state index contributed by atoms with van der Waals surface area (Å²) in [6.45, 7) is 10.4. The Morgan fingerprint density at radius 2 is 1.63 bits per heavy atom. The van der Waals surface area contributed by atoms with Crippen LogP contribution in [-0.4, -0.2) is 30.1 Å². The minimum Gasteiger partial charge on any atom is -0.312 e. The van der Waals surface area contributed by atoms with Crippen molar-refractivity contribution in [3.05, 3.63) is 35.4 Å². The Balaban J connectivity index is 2.00. The van der Waals surface area contributed by atoms with E-state index in [1.807, 2.05) is 0 Å². The van der Waals surface area contributed by atoms with E-state index in [2.05, 4.69) is 55.3 Å². The predicted molar refractivity (Wildman–Crippen MR) is 82.4 cm³/mol. The van der Waals surface area contributed by atoms with Crippen LogP contribution in [0.3, 0.4) is 0 Å². The van der Waals surface area contributed by atoms with Crippen molar-refractivity contribution in [1.29, 1.82) is 0 Å². The van der Waals surface area contributed by atoms with Gasteiger partial charge in [0.1, 0.15) is 0 Å². The third-order valence-electron chi connectivity index (χ3n) is 4.22. The summed E-state index contributed by atoms with van der Waals surface area (Å²) in [4.78, 5) is 2.63. The lowest BCUT2D eigenvalue weighted by Crippen LogP contribution is -2.42. The number of nitrogens with zero attached hydrogens (tertiary/aromatic N) is 1. The van der Waals surface area contributed by atoms with E-state index >= 15 is 0 Å². The molecule has 106 valence electrons. The molecule has 1 aromatic carbocycles. The summed E-state index contributed by atoms with van der Waals surface area (Å²) in [7, 11) is 0. The van der Waals surface area contributed by atoms with Crippen LogP contribution in [0.25, 0.3) is 0 Å². The molecule has 0 radical (unpaired) electrons. The van der Waals surface area contributed by atoms with Gasteiger partial charge >= 0.3 is 0 Å². The Bertz CT molecular complexity index is 377. The molecule has 1 aliphatic heterocycles. The van der Waals surface area contributed by atoms with Gasteiger partial charge in [-0.2, -0.15) is 0 Å². The van der Waals surface area contributed by atoms with E-state index in [0.29, 0.717) is 12.1 Å². The second-order valence-corrected chi connectivity index (χ2v) is 5.94. The minimum absolute atomic E-state index is 0.638. The van der Waals surface area contributed by atoms with Crippen molar-refractivity contribution in [3.63, 3.8) is 0 Å². The molecule has 2 heteroatoms. The third kappa shape index (κ3) is 4.32. The van der Waals surface area contributed by atoms with Crippen LogP contribution >= 0.6 is 0 Å². The van der Waals surface area contributed by atoms with E-state index in [1.54, 1.807) is 0 Å². The zero-order valence-electron chi connectivity index (χ0n) is 12.7. The van der Waals surface area contributed by atoms with Gasteiger partial charge in [0.05, 0.1) is 0 Å². The fourth-order valence-corrected chi connectivity index (χ4v) is 2.97. The third-order valence-corrected chi connectivity index (χ3v) is 4.22. The Labute approximate surface area is 118 Å². The standard InChI is InChI=1S/C17H28N2/c1-4-16-7-5-6-8-17(16)13-19-11-9-14(2)18-15(3)10-12-19/h5-8,14-15,18H,4,9-13H2,1-3H3. The van der Waals surface area contributed by atoms with Gasteiger partial charge in [-0.25, -0.2) is 0 Å². The monoisotopic (exact) mass is 260 g/mol. The molecular weight excluding hydrogens is 232 g/mol. The summed E-state index contributed by atoms with van der Waals surface area (Å²) in [5.74, 6) is 0. The topological polar surface area (TPSA) is 15.3 Å². The smallest absolute Gasteiger partial charge is 0.0236 e. The molecule has 0 saturated carbocycles. The second kappa shape index (κ2) is 7.06. The van der Waals surface area contributed by atoms with Crippen LogP contribution in [0.15, 0.2) is 24.3 Å². The van der Waals surface area contributed by atoms with Crippen molar-refractivity contribution >= 4 is 0 Å². The van der Waals surface area contributed by atoms with Gasteiger partial charge in [-0.15, -0.1) is 0 Å². The van der Waals surface area contributed by atoms with Crippen LogP contribution in [0.5, 0.6) is 0 Å². The molecule has 1 heterocycles. The van der Waals surface area contributed by atoms with Gasteiger partial charge in [-0.05, 0) is 57.3 Å². The molecule has 1 aliphatic rings. The fraction of sp³-hybridized carbons (Fsp3) is 0.647. The predicted octanol–water partition coefficient (Wildman–Crippen LogP) is 3.21. The minimum atomic E-state index is 0.638. The lowest BCUT2D eigenvalue weighted by Gasteiger charge is -2.31. The molecule has 2 rings (SSSR count). The summed E-state index contributed by atoms with van der Waals surface area (Å²) in [5, 5.41) is 3.66. The molecule has 0 amide bonds. The molecule has 0 bridgehead atoms. The Kier molecular flexibility index (Phi) is 5.41. The maximum atomic E-state index is 3.66. The van der Waals surface area contributed by atoms with Crippen molar-refractivity contribution in [1.82, 2.24) is 10.2 Å². The highest BCUT2D eigenvalue weighted by Gasteiger charge is 2.16. The number of rotatable bonds is 3. The number of nitrogens with one attached hydrogen (secondary N) is 1. The van der Waals surface area contributed by atoms with Crippen LogP contribution in [0.2, 0.25) is 0 Å². The maximum Gasteiger partial charge on any atom is 0.0236 e. The molecular formula is C17H28N2. The molecule has 19 heavy (non-hydrogen) atoms. The molecule has 0 spiro atoms. The van der Waals surface area contributed by atoms with E-state index < -0.39 is 0 Å². The summed E-state index contributed by atoms with van der Waals surface area (Å²) < 4.78 is 0. The Morgan fingerprint density at radius 1 is 1.05 bits per heavy atom. The van der Waals surface area contributed by atoms with E-state index in [1.165, 1.54) is 37.1 Å². The van der Waals surface area contributed by atoms with Gasteiger partial charge in [0, 0.05) is 18.6 Å². The first-order valence-corrected chi connectivity index (χ1v) is 7.74. The molecule has 1 fully saturated rings. The Hall–Kier alpha value is -0.860. The van der Waals surface area contributed by atoms with Crippen LogP contribution < -0.4 is 5.32 Å². The van der Waals surface area contributed by atoms with Crippen molar-refractivity contribution < 1.29 is 0 Å². The number of aryl methyl sites for hydroxylation is 1. The molecule has 2 nitrogen and oxygen atoms in total. The average molecular weight is 260 g/mol. The van der Waals surface area contributed by atoms with Gasteiger partial charge in [-0.1, -0.05) is 31.2 Å². The highest BCUT2D eigenvalue weighted by atomic mass is 15.1. The van der Waals surface area contributed by atoms with Gasteiger partial charge in [-0.3, -0.25) is 4.90 Å². The Morgan fingerprint density at radius 3 is 2.21 bits per heavy atom. The summed E-state index contributed by atoms with van der Waals surface area (Å²) in [6.07, 6.45) is 3.63. The SMILES string of the molecule is CCc1ccccc1CN1CCC(C)NC(C)CC1. The van der Waals surface area contributed by atoms with Crippen molar-refractivity contribution in [3.8, 4) is 0 Å². The van der Waals surface area contributed by atoms with Crippen molar-refractivity contribution in [2.75, 3.05) is 13.1 Å². The normalized spacial score (nSPS) is 25.8. The van der Waals surface area contributed by atoms with Crippen LogP contribution in [-0.2, 0) is 13.0 Å². The average Bonchev–Trinajstić information content (AvgIpc) is 2.40. The molecule has 2 atom stereocenters. The van der Waals surface area contributed by atoms with Gasteiger partial charge in [0.2, 0.25) is 0 Å². The maximum absolute atomic E-state index is 3.66. The van der Waals surface area contributed by atoms with E-state index in [0.717, 1.165) is 13.0 Å². The fourth-order valence-electron chi connectivity index (χ4n) is 2.97. The van der Waals surface area contributed by atoms with Gasteiger partial charge < -0.3 is 5.32 Å². The zero-order valence-corrected chi connectivity index (χ0v) is 12.7. The van der Waals surface area contributed by atoms with Crippen LogP contribution in [0, 0.1) is 0 Å². The second-order valence-electron chi connectivity index (χ2n) is 5.94. The van der Waals surface area contributed by atoms with E-state index in [4.69, 9.17) is 0 Å². The van der Waals surface area contributed by atoms with Crippen molar-refractivity contribution in [2.24, 2.45) is 0 Å². The lowest BCUT2D eigenvalue weighted by atomic mass is 10.0. The van der Waals surface area contributed by atoms with Gasteiger partial charge in [0.15, 0.2) is 0 Å². The first kappa shape index (κ1) is 14.5. The molecule has 1 aromatic rings.